The third kappa shape index (κ3) is 6.35. The van der Waals surface area contributed by atoms with Crippen molar-refractivity contribution in [2.75, 3.05) is 11.9 Å². The fourth-order valence-electron chi connectivity index (χ4n) is 5.76. The van der Waals surface area contributed by atoms with Crippen LogP contribution < -0.4 is 5.32 Å². The summed E-state index contributed by atoms with van der Waals surface area (Å²) in [5, 5.41) is 28.1. The van der Waals surface area contributed by atoms with Crippen molar-refractivity contribution in [3.8, 4) is 6.07 Å². The van der Waals surface area contributed by atoms with E-state index in [9.17, 15) is 15.2 Å². The van der Waals surface area contributed by atoms with Gasteiger partial charge in [0.2, 0.25) is 0 Å². The van der Waals surface area contributed by atoms with Crippen LogP contribution >= 0.6 is 23.2 Å². The maximum atomic E-state index is 15.7. The Hall–Kier alpha value is -3.19. The van der Waals surface area contributed by atoms with Gasteiger partial charge in [0.25, 0.3) is 0 Å². The van der Waals surface area contributed by atoms with Crippen LogP contribution in [-0.2, 0) is 12.0 Å². The van der Waals surface area contributed by atoms with E-state index in [0.717, 1.165) is 6.07 Å². The van der Waals surface area contributed by atoms with Crippen LogP contribution in [0.3, 0.4) is 0 Å². The molecule has 2 amide bonds. The molecule has 1 fully saturated rings. The molecule has 0 bridgehead atoms. The molecule has 2 heterocycles. The SMILES string of the molecule is CC(C)(C)C[C@@H]1CN(C(=O)Nc2ccn(CC(C)(C)O)n2)[C@H](c2cccc(Cl)c2F)[C@@]1(C#N)c1ccc(Cl)cc1F. The Kier molecular flexibility index (Phi) is 8.43. The number of halogens is 4. The molecule has 3 atom stereocenters. The quantitative estimate of drug-likeness (QED) is 0.308. The van der Waals surface area contributed by atoms with Gasteiger partial charge in [-0.15, -0.1) is 0 Å². The Balaban J connectivity index is 1.89. The van der Waals surface area contributed by atoms with Crippen molar-refractivity contribution in [2.45, 2.75) is 64.6 Å². The predicted octanol–water partition coefficient (Wildman–Crippen LogP) is 7.34. The second-order valence-corrected chi connectivity index (χ2v) is 13.2. The summed E-state index contributed by atoms with van der Waals surface area (Å²) in [6, 6.07) is 10.4. The molecule has 0 aliphatic carbocycles. The molecule has 1 saturated heterocycles. The van der Waals surface area contributed by atoms with Crippen molar-refractivity contribution >= 4 is 35.1 Å². The number of nitrogens with zero attached hydrogens (tertiary/aromatic N) is 4. The number of carbonyl (C=O) groups is 1. The van der Waals surface area contributed by atoms with Crippen molar-refractivity contribution in [1.29, 1.82) is 5.26 Å². The molecule has 0 radical (unpaired) electrons. The molecule has 0 spiro atoms. The zero-order valence-corrected chi connectivity index (χ0v) is 25.1. The van der Waals surface area contributed by atoms with E-state index in [4.69, 9.17) is 23.2 Å². The standard InChI is InChI=1S/C30H33Cl2F2N5O2/c1-28(2,3)14-18-15-39(27(40)36-24-11-12-38(37-24)17-29(4,5)41)26(20-7-6-8-22(32)25(20)34)30(18,16-35)21-10-9-19(31)13-23(21)33/h6-13,18,26,41H,14-15,17H2,1-5H3,(H,36,37,40)/t18-,26-,30-/m1/s1. The van der Waals surface area contributed by atoms with Gasteiger partial charge in [-0.1, -0.05) is 62.2 Å². The molecule has 218 valence electrons. The fraction of sp³-hybridized carbons (Fsp3) is 0.433. The minimum atomic E-state index is -1.69. The van der Waals surface area contributed by atoms with E-state index < -0.39 is 40.6 Å². The summed E-state index contributed by atoms with van der Waals surface area (Å²) < 4.78 is 32.9. The minimum Gasteiger partial charge on any atom is -0.389 e. The lowest BCUT2D eigenvalue weighted by Gasteiger charge is -2.38. The highest BCUT2D eigenvalue weighted by molar-refractivity contribution is 6.31. The first-order valence-electron chi connectivity index (χ1n) is 13.2. The molecule has 2 N–H and O–H groups in total. The first-order chi connectivity index (χ1) is 19.1. The van der Waals surface area contributed by atoms with Gasteiger partial charge in [-0.2, -0.15) is 10.4 Å². The highest BCUT2D eigenvalue weighted by Gasteiger charge is 2.60. The maximum absolute atomic E-state index is 15.7. The molecule has 7 nitrogen and oxygen atoms in total. The van der Waals surface area contributed by atoms with E-state index in [-0.39, 0.29) is 45.5 Å². The van der Waals surface area contributed by atoms with E-state index in [2.05, 4.69) is 16.5 Å². The van der Waals surface area contributed by atoms with Gasteiger partial charge in [-0.05, 0) is 43.9 Å². The summed E-state index contributed by atoms with van der Waals surface area (Å²) >= 11 is 12.2. The van der Waals surface area contributed by atoms with Crippen LogP contribution in [0.1, 0.15) is 58.2 Å². The summed E-state index contributed by atoms with van der Waals surface area (Å²) in [6.45, 7) is 9.44. The number of aliphatic hydroxyl groups is 1. The van der Waals surface area contributed by atoms with Crippen molar-refractivity contribution in [2.24, 2.45) is 11.3 Å². The van der Waals surface area contributed by atoms with Crippen LogP contribution in [0, 0.1) is 34.3 Å². The normalized spacial score (nSPS) is 21.1. The van der Waals surface area contributed by atoms with E-state index in [1.807, 2.05) is 20.8 Å². The Morgan fingerprint density at radius 1 is 1.20 bits per heavy atom. The van der Waals surface area contributed by atoms with Gasteiger partial charge in [-0.3, -0.25) is 10.00 Å². The van der Waals surface area contributed by atoms with E-state index in [0.29, 0.717) is 6.42 Å². The number of nitriles is 1. The number of nitrogens with one attached hydrogen (secondary N) is 1. The largest absolute Gasteiger partial charge is 0.389 e. The van der Waals surface area contributed by atoms with Crippen LogP contribution in [-0.4, -0.2) is 38.0 Å². The lowest BCUT2D eigenvalue weighted by molar-refractivity contribution is 0.0578. The van der Waals surface area contributed by atoms with Crippen molar-refractivity contribution in [1.82, 2.24) is 14.7 Å². The number of aromatic nitrogens is 2. The van der Waals surface area contributed by atoms with Crippen LogP contribution in [0.5, 0.6) is 0 Å². The number of amides is 2. The average Bonchev–Trinajstić information content (AvgIpc) is 3.40. The summed E-state index contributed by atoms with van der Waals surface area (Å²) in [7, 11) is 0. The second kappa shape index (κ2) is 11.2. The van der Waals surface area contributed by atoms with E-state index >= 15 is 8.78 Å². The van der Waals surface area contributed by atoms with Gasteiger partial charge < -0.3 is 10.0 Å². The van der Waals surface area contributed by atoms with Crippen molar-refractivity contribution in [3.05, 3.63) is 81.5 Å². The molecule has 41 heavy (non-hydrogen) atoms. The topological polar surface area (TPSA) is 94.2 Å². The highest BCUT2D eigenvalue weighted by atomic mass is 35.5. The monoisotopic (exact) mass is 603 g/mol. The molecule has 4 rings (SSSR count). The van der Waals surface area contributed by atoms with Gasteiger partial charge in [0.1, 0.15) is 17.0 Å². The summed E-state index contributed by atoms with van der Waals surface area (Å²) in [5.41, 5.74) is -3.03. The van der Waals surface area contributed by atoms with Gasteiger partial charge in [0, 0.05) is 40.9 Å². The molecule has 0 saturated carbocycles. The molecule has 3 aromatic rings. The highest BCUT2D eigenvalue weighted by Crippen LogP contribution is 2.56. The summed E-state index contributed by atoms with van der Waals surface area (Å²) in [6.07, 6.45) is 2.03. The second-order valence-electron chi connectivity index (χ2n) is 12.4. The molecule has 1 aliphatic heterocycles. The third-order valence-electron chi connectivity index (χ3n) is 7.19. The molecular weight excluding hydrogens is 571 g/mol. The van der Waals surface area contributed by atoms with Gasteiger partial charge in [-0.25, -0.2) is 13.6 Å². The first-order valence-corrected chi connectivity index (χ1v) is 14.0. The molecule has 1 aromatic heterocycles. The Morgan fingerprint density at radius 2 is 1.90 bits per heavy atom. The Morgan fingerprint density at radius 3 is 2.51 bits per heavy atom. The Bertz CT molecular complexity index is 1490. The predicted molar refractivity (Wildman–Crippen MR) is 155 cm³/mol. The van der Waals surface area contributed by atoms with Gasteiger partial charge in [0.15, 0.2) is 5.82 Å². The Labute approximate surface area is 248 Å². The molecule has 11 heteroatoms. The maximum Gasteiger partial charge on any atom is 0.323 e. The minimum absolute atomic E-state index is 0.00693. The first kappa shape index (κ1) is 30.8. The fourth-order valence-corrected chi connectivity index (χ4v) is 6.11. The number of urea groups is 1. The number of likely N-dealkylation sites (tertiary alicyclic amines) is 1. The number of benzene rings is 2. The molecule has 0 unspecified atom stereocenters. The van der Waals surface area contributed by atoms with Crippen molar-refractivity contribution < 1.29 is 18.7 Å². The third-order valence-corrected chi connectivity index (χ3v) is 7.71. The summed E-state index contributed by atoms with van der Waals surface area (Å²) in [4.78, 5) is 15.3. The van der Waals surface area contributed by atoms with Crippen LogP contribution in [0.2, 0.25) is 10.0 Å². The van der Waals surface area contributed by atoms with Crippen LogP contribution in [0.25, 0.3) is 0 Å². The molecular formula is C30H33Cl2F2N5O2. The summed E-state index contributed by atoms with van der Waals surface area (Å²) in [5.74, 6) is -1.91. The zero-order chi connectivity index (χ0) is 30.3. The number of carbonyl (C=O) groups excluding carboxylic acids is 1. The lowest BCUT2D eigenvalue weighted by atomic mass is 9.63. The smallest absolute Gasteiger partial charge is 0.323 e. The zero-order valence-electron chi connectivity index (χ0n) is 23.6. The number of hydrogen-bond acceptors (Lipinski definition) is 4. The van der Waals surface area contributed by atoms with Crippen LogP contribution in [0.4, 0.5) is 19.4 Å². The number of rotatable bonds is 6. The van der Waals surface area contributed by atoms with E-state index in [1.54, 1.807) is 26.1 Å². The van der Waals surface area contributed by atoms with Gasteiger partial charge in [0.05, 0.1) is 29.3 Å². The molecule has 1 aliphatic rings. The van der Waals surface area contributed by atoms with E-state index in [1.165, 1.54) is 39.9 Å². The number of anilines is 1. The molecule has 2 aromatic carbocycles. The van der Waals surface area contributed by atoms with Crippen LogP contribution in [0.15, 0.2) is 48.7 Å². The lowest BCUT2D eigenvalue weighted by Crippen LogP contribution is -2.42. The van der Waals surface area contributed by atoms with Crippen molar-refractivity contribution in [3.63, 3.8) is 0 Å². The average molecular weight is 605 g/mol. The number of hydrogen-bond donors (Lipinski definition) is 2. The van der Waals surface area contributed by atoms with Gasteiger partial charge >= 0.3 is 6.03 Å².